The molecule has 0 aliphatic rings. The molecule has 0 fully saturated rings. The van der Waals surface area contributed by atoms with Gasteiger partial charge in [-0.25, -0.2) is 0 Å². The summed E-state index contributed by atoms with van der Waals surface area (Å²) in [6.45, 7) is 13.2. The third-order valence-corrected chi connectivity index (χ3v) is 12.1. The van der Waals surface area contributed by atoms with Crippen molar-refractivity contribution in [2.24, 2.45) is 0 Å². The van der Waals surface area contributed by atoms with Crippen molar-refractivity contribution in [1.29, 1.82) is 5.26 Å². The third kappa shape index (κ3) is 41.8. The molecule has 2 unspecified atom stereocenters. The molecular weight excluding hydrogens is 761 g/mol. The van der Waals surface area contributed by atoms with Gasteiger partial charge in [0.25, 0.3) is 0 Å². The molecule has 2 atom stereocenters. The lowest BCUT2D eigenvalue weighted by atomic mass is 10.0. The molecule has 0 spiro atoms. The maximum absolute atomic E-state index is 12.9. The highest BCUT2D eigenvalue weighted by Crippen LogP contribution is 2.18. The van der Waals surface area contributed by atoms with E-state index in [0.29, 0.717) is 19.4 Å². The fourth-order valence-corrected chi connectivity index (χ4v) is 7.96. The van der Waals surface area contributed by atoms with Crippen molar-refractivity contribution in [3.63, 3.8) is 0 Å². The van der Waals surface area contributed by atoms with Crippen molar-refractivity contribution in [3.05, 3.63) is 0 Å². The van der Waals surface area contributed by atoms with E-state index < -0.39 is 0 Å². The van der Waals surface area contributed by atoms with Gasteiger partial charge in [0.2, 0.25) is 0 Å². The molecule has 0 aliphatic carbocycles. The highest BCUT2D eigenvalue weighted by Gasteiger charge is 2.16. The first-order valence-electron chi connectivity index (χ1n) is 26.1. The number of carbonyl (C=O) groups excluding carboxylic acids is 2. The predicted octanol–water partition coefficient (Wildman–Crippen LogP) is 12.1. The number of nitrogens with zero attached hydrogens (tertiary/aromatic N) is 4. The fourth-order valence-electron chi connectivity index (χ4n) is 7.96. The van der Waals surface area contributed by atoms with Gasteiger partial charge in [0.05, 0.1) is 6.61 Å². The van der Waals surface area contributed by atoms with E-state index in [2.05, 4.69) is 66.4 Å². The Morgan fingerprint density at radius 3 is 1.48 bits per heavy atom. The molecule has 0 radical (unpaired) electrons. The Labute approximate surface area is 378 Å². The van der Waals surface area contributed by atoms with Crippen LogP contribution in [0.5, 0.6) is 0 Å². The number of hydrogen-bond donors (Lipinski definition) is 2. The quantitative estimate of drug-likeness (QED) is 0.0202. The Balaban J connectivity index is 4.65. The van der Waals surface area contributed by atoms with Gasteiger partial charge >= 0.3 is 11.9 Å². The van der Waals surface area contributed by atoms with Crippen LogP contribution >= 0.6 is 0 Å². The molecule has 2 N–H and O–H groups in total. The van der Waals surface area contributed by atoms with Crippen LogP contribution < -0.4 is 10.6 Å². The summed E-state index contributed by atoms with van der Waals surface area (Å²) in [5.74, 6) is -0.0168. The standard InChI is InChI=1S/C51H102N6O4/c1-7-10-13-16-18-27-34-46-60-49(58)38-30-23-19-25-32-41-57(43-35-40-53-51(54-47-52)56(6)45-44-55(4)5)42-33-26-20-24-31-39-50(59)61-48(36-28-21-15-12-9-3)37-29-22-17-14-11-8-2/h48,51,53-54H,7-46H2,1-6H3. The number of rotatable bonds is 48. The molecule has 0 aromatic carbocycles. The number of ether oxygens (including phenoxy) is 2. The predicted molar refractivity (Wildman–Crippen MR) is 258 cm³/mol. The molecule has 61 heavy (non-hydrogen) atoms. The van der Waals surface area contributed by atoms with Crippen LogP contribution in [0.1, 0.15) is 233 Å². The van der Waals surface area contributed by atoms with Crippen LogP contribution in [-0.4, -0.2) is 106 Å². The van der Waals surface area contributed by atoms with E-state index in [1.807, 2.05) is 7.05 Å². The normalized spacial score (nSPS) is 12.6. The van der Waals surface area contributed by atoms with Crippen LogP contribution in [0, 0.1) is 11.5 Å². The van der Waals surface area contributed by atoms with Crippen molar-refractivity contribution < 1.29 is 19.1 Å². The lowest BCUT2D eigenvalue weighted by molar-refractivity contribution is -0.150. The lowest BCUT2D eigenvalue weighted by Crippen LogP contribution is -2.53. The van der Waals surface area contributed by atoms with Crippen molar-refractivity contribution >= 4 is 11.9 Å². The van der Waals surface area contributed by atoms with Crippen molar-refractivity contribution in [2.45, 2.75) is 245 Å². The van der Waals surface area contributed by atoms with Crippen molar-refractivity contribution in [1.82, 2.24) is 25.3 Å². The van der Waals surface area contributed by atoms with Gasteiger partial charge in [-0.1, -0.05) is 156 Å². The van der Waals surface area contributed by atoms with E-state index in [9.17, 15) is 14.9 Å². The first-order chi connectivity index (χ1) is 29.8. The summed E-state index contributed by atoms with van der Waals surface area (Å²) in [7, 11) is 6.18. The highest BCUT2D eigenvalue weighted by atomic mass is 16.5. The van der Waals surface area contributed by atoms with Gasteiger partial charge in [0.1, 0.15) is 12.4 Å². The van der Waals surface area contributed by atoms with Crippen LogP contribution in [0.15, 0.2) is 0 Å². The molecule has 0 rings (SSSR count). The maximum atomic E-state index is 12.9. The molecule has 0 aromatic rings. The van der Waals surface area contributed by atoms with Crippen LogP contribution in [-0.2, 0) is 19.1 Å². The number of hydrogen-bond acceptors (Lipinski definition) is 10. The topological polar surface area (TPSA) is 110 Å². The smallest absolute Gasteiger partial charge is 0.306 e. The molecule has 0 saturated heterocycles. The van der Waals surface area contributed by atoms with Gasteiger partial charge in [-0.2, -0.15) is 5.26 Å². The molecule has 0 amide bonds. The minimum Gasteiger partial charge on any atom is -0.466 e. The monoisotopic (exact) mass is 863 g/mol. The molecule has 10 nitrogen and oxygen atoms in total. The Bertz CT molecular complexity index is 995. The number of likely N-dealkylation sites (N-methyl/N-ethyl adjacent to an activating group) is 2. The average Bonchev–Trinajstić information content (AvgIpc) is 3.24. The number of nitriles is 1. The van der Waals surface area contributed by atoms with E-state index >= 15 is 0 Å². The summed E-state index contributed by atoms with van der Waals surface area (Å²) in [5, 5.41) is 15.8. The first-order valence-corrected chi connectivity index (χ1v) is 26.1. The van der Waals surface area contributed by atoms with E-state index in [1.165, 1.54) is 128 Å². The van der Waals surface area contributed by atoms with Crippen molar-refractivity contribution in [3.8, 4) is 6.19 Å². The number of unbranched alkanes of at least 4 members (excludes halogenated alkanes) is 23. The highest BCUT2D eigenvalue weighted by molar-refractivity contribution is 5.69. The Kier molecular flexibility index (Phi) is 44.6. The SMILES string of the molecule is CCCCCCCCCOC(=O)CCCCCCCN(CCCCCCCC(=O)OC(CCCCCCC)CCCCCCCC)CCCNC(NC#N)N(C)CCN(C)C. The summed E-state index contributed by atoms with van der Waals surface area (Å²) in [5.41, 5.74) is 0. The van der Waals surface area contributed by atoms with Gasteiger partial charge in [-0.3, -0.25) is 25.1 Å². The third-order valence-electron chi connectivity index (χ3n) is 12.1. The zero-order valence-electron chi connectivity index (χ0n) is 41.4. The summed E-state index contributed by atoms with van der Waals surface area (Å²) >= 11 is 0. The summed E-state index contributed by atoms with van der Waals surface area (Å²) in [6, 6.07) is 0. The second kappa shape index (κ2) is 46.1. The molecule has 0 saturated carbocycles. The largest absolute Gasteiger partial charge is 0.466 e. The van der Waals surface area contributed by atoms with Gasteiger partial charge < -0.3 is 19.3 Å². The molecule has 0 heterocycles. The van der Waals surface area contributed by atoms with Crippen LogP contribution in [0.3, 0.4) is 0 Å². The van der Waals surface area contributed by atoms with Crippen molar-refractivity contribution in [2.75, 3.05) is 67.0 Å². The molecule has 360 valence electrons. The number of carbonyl (C=O) groups is 2. The van der Waals surface area contributed by atoms with E-state index in [1.54, 1.807) is 0 Å². The van der Waals surface area contributed by atoms with E-state index in [4.69, 9.17) is 9.47 Å². The van der Waals surface area contributed by atoms with Crippen LogP contribution in [0.4, 0.5) is 0 Å². The molecule has 10 heteroatoms. The minimum atomic E-state index is -0.171. The minimum absolute atomic E-state index is 0.0131. The second-order valence-corrected chi connectivity index (χ2v) is 18.3. The van der Waals surface area contributed by atoms with E-state index in [-0.39, 0.29) is 24.3 Å². The second-order valence-electron chi connectivity index (χ2n) is 18.3. The number of esters is 2. The Morgan fingerprint density at radius 2 is 0.967 bits per heavy atom. The first kappa shape index (κ1) is 59.1. The van der Waals surface area contributed by atoms with Gasteiger partial charge in [0.15, 0.2) is 6.19 Å². The Hall–Kier alpha value is -1.93. The van der Waals surface area contributed by atoms with Gasteiger partial charge in [-0.15, -0.1) is 0 Å². The molecule has 0 aromatic heterocycles. The molecule has 0 bridgehead atoms. The van der Waals surface area contributed by atoms with Gasteiger partial charge in [0, 0.05) is 25.9 Å². The zero-order valence-corrected chi connectivity index (χ0v) is 41.4. The van der Waals surface area contributed by atoms with Crippen LogP contribution in [0.2, 0.25) is 0 Å². The summed E-state index contributed by atoms with van der Waals surface area (Å²) < 4.78 is 11.5. The van der Waals surface area contributed by atoms with E-state index in [0.717, 1.165) is 110 Å². The Morgan fingerprint density at radius 1 is 0.525 bits per heavy atom. The van der Waals surface area contributed by atoms with Gasteiger partial charge in [-0.05, 0) is 112 Å². The van der Waals surface area contributed by atoms with Crippen LogP contribution in [0.25, 0.3) is 0 Å². The lowest BCUT2D eigenvalue weighted by Gasteiger charge is -2.29. The fraction of sp³-hybridized carbons (Fsp3) is 0.941. The maximum Gasteiger partial charge on any atom is 0.306 e. The molecular formula is C51H102N6O4. The average molecular weight is 863 g/mol. The zero-order chi connectivity index (χ0) is 44.9. The molecule has 0 aliphatic heterocycles. The summed E-state index contributed by atoms with van der Waals surface area (Å²) in [6.07, 6.45) is 39.8. The summed E-state index contributed by atoms with van der Waals surface area (Å²) in [4.78, 5) is 32.0. The number of nitrogens with one attached hydrogen (secondary N) is 2.